The normalized spacial score (nSPS) is 14.2. The van der Waals surface area contributed by atoms with Crippen LogP contribution in [-0.2, 0) is 6.42 Å². The van der Waals surface area contributed by atoms with Crippen molar-refractivity contribution in [2.75, 3.05) is 38.6 Å². The van der Waals surface area contributed by atoms with E-state index in [0.29, 0.717) is 30.2 Å². The average molecular weight is 409 g/mol. The summed E-state index contributed by atoms with van der Waals surface area (Å²) >= 11 is 0. The lowest BCUT2D eigenvalue weighted by Crippen LogP contribution is -2.33. The molecule has 0 unspecified atom stereocenters. The minimum absolute atomic E-state index is 0.0754. The summed E-state index contributed by atoms with van der Waals surface area (Å²) in [5.74, 6) is 1.09. The van der Waals surface area contributed by atoms with E-state index in [1.165, 1.54) is 19.2 Å². The van der Waals surface area contributed by atoms with Crippen molar-refractivity contribution < 1.29 is 9.53 Å². The predicted molar refractivity (Wildman–Crippen MR) is 114 cm³/mol. The Kier molecular flexibility index (Phi) is 6.08. The van der Waals surface area contributed by atoms with Crippen LogP contribution >= 0.6 is 0 Å². The van der Waals surface area contributed by atoms with Crippen LogP contribution < -0.4 is 15.4 Å². The van der Waals surface area contributed by atoms with Crippen molar-refractivity contribution in [2.45, 2.75) is 26.2 Å². The van der Waals surface area contributed by atoms with Gasteiger partial charge in [0.2, 0.25) is 5.88 Å². The third kappa shape index (κ3) is 4.20. The van der Waals surface area contributed by atoms with E-state index in [-0.39, 0.29) is 5.91 Å². The second-order valence-corrected chi connectivity index (χ2v) is 7.30. The van der Waals surface area contributed by atoms with Gasteiger partial charge in [-0.1, -0.05) is 6.92 Å². The van der Waals surface area contributed by atoms with Crippen molar-refractivity contribution in [2.24, 2.45) is 0 Å². The van der Waals surface area contributed by atoms with Crippen LogP contribution in [0.4, 0.5) is 11.5 Å². The Bertz CT molecular complexity index is 1010. The molecule has 4 heterocycles. The Morgan fingerprint density at radius 3 is 2.77 bits per heavy atom. The molecule has 1 fully saturated rings. The molecule has 1 aliphatic heterocycles. The predicted octanol–water partition coefficient (Wildman–Crippen LogP) is 2.26. The molecule has 0 aliphatic carbocycles. The lowest BCUT2D eigenvalue weighted by atomic mass is 10.1. The van der Waals surface area contributed by atoms with E-state index in [1.54, 1.807) is 30.1 Å². The molecule has 4 rings (SSSR count). The zero-order valence-electron chi connectivity index (χ0n) is 17.4. The fourth-order valence-electron chi connectivity index (χ4n) is 3.86. The van der Waals surface area contributed by atoms with E-state index in [4.69, 9.17) is 4.74 Å². The highest BCUT2D eigenvalue weighted by Gasteiger charge is 2.20. The molecule has 158 valence electrons. The first-order valence-electron chi connectivity index (χ1n) is 10.3. The molecule has 3 aromatic heterocycles. The SMILES string of the molecule is CCc1c(C(=O)NCCN2CCCC2)cn2ncnc(Nc3ccc(OC)nc3)c12. The van der Waals surface area contributed by atoms with Gasteiger partial charge >= 0.3 is 0 Å². The minimum Gasteiger partial charge on any atom is -0.481 e. The lowest BCUT2D eigenvalue weighted by Gasteiger charge is -2.14. The molecule has 9 nitrogen and oxygen atoms in total. The number of ether oxygens (including phenoxy) is 1. The van der Waals surface area contributed by atoms with Crippen molar-refractivity contribution in [3.63, 3.8) is 0 Å². The molecule has 0 aromatic carbocycles. The van der Waals surface area contributed by atoms with Gasteiger partial charge in [-0.2, -0.15) is 5.10 Å². The molecule has 1 amide bonds. The topological polar surface area (TPSA) is 96.7 Å². The standard InChI is InChI=1S/C21H27N7O2/c1-3-16-17(21(29)22-8-11-27-9-4-5-10-27)13-28-19(16)20(24-14-25-28)26-15-6-7-18(30-2)23-12-15/h6-7,12-14H,3-5,8-11H2,1-2H3,(H,22,29)(H,24,25,26). The molecule has 30 heavy (non-hydrogen) atoms. The summed E-state index contributed by atoms with van der Waals surface area (Å²) in [5.41, 5.74) is 3.12. The van der Waals surface area contributed by atoms with Crippen LogP contribution in [0.1, 0.15) is 35.7 Å². The zero-order chi connectivity index (χ0) is 20.9. The molecular weight excluding hydrogens is 382 g/mol. The number of carbonyl (C=O) groups excluding carboxylic acids is 1. The van der Waals surface area contributed by atoms with E-state index >= 15 is 0 Å². The number of fused-ring (bicyclic) bond motifs is 1. The Balaban J connectivity index is 1.55. The van der Waals surface area contributed by atoms with Gasteiger partial charge in [0.25, 0.3) is 5.91 Å². The number of anilines is 2. The molecule has 0 radical (unpaired) electrons. The second-order valence-electron chi connectivity index (χ2n) is 7.30. The fourth-order valence-corrected chi connectivity index (χ4v) is 3.86. The molecule has 1 aliphatic rings. The summed E-state index contributed by atoms with van der Waals surface area (Å²) in [5, 5.41) is 10.6. The number of likely N-dealkylation sites (tertiary alicyclic amines) is 1. The van der Waals surface area contributed by atoms with Gasteiger partial charge in [0.15, 0.2) is 5.82 Å². The van der Waals surface area contributed by atoms with Gasteiger partial charge in [0.1, 0.15) is 11.8 Å². The molecule has 0 saturated carbocycles. The van der Waals surface area contributed by atoms with Gasteiger partial charge < -0.3 is 20.3 Å². The molecule has 3 aromatic rings. The highest BCUT2D eigenvalue weighted by molar-refractivity contribution is 5.99. The number of carbonyl (C=O) groups is 1. The number of aryl methyl sites for hydroxylation is 1. The first-order valence-corrected chi connectivity index (χ1v) is 10.3. The number of methoxy groups -OCH3 is 1. The number of nitrogens with one attached hydrogen (secondary N) is 2. The van der Waals surface area contributed by atoms with E-state index < -0.39 is 0 Å². The number of hydrogen-bond acceptors (Lipinski definition) is 7. The van der Waals surface area contributed by atoms with Crippen molar-refractivity contribution in [1.82, 2.24) is 29.8 Å². The Morgan fingerprint density at radius 1 is 1.23 bits per heavy atom. The van der Waals surface area contributed by atoms with Gasteiger partial charge in [0.05, 0.1) is 24.6 Å². The van der Waals surface area contributed by atoms with Gasteiger partial charge in [0, 0.05) is 25.4 Å². The number of rotatable bonds is 8. The van der Waals surface area contributed by atoms with Crippen LogP contribution in [0.25, 0.3) is 5.52 Å². The third-order valence-electron chi connectivity index (χ3n) is 5.40. The Morgan fingerprint density at radius 2 is 2.07 bits per heavy atom. The summed E-state index contributed by atoms with van der Waals surface area (Å²) < 4.78 is 6.81. The summed E-state index contributed by atoms with van der Waals surface area (Å²) in [6.45, 7) is 5.80. The molecular formula is C21H27N7O2. The molecule has 2 N–H and O–H groups in total. The van der Waals surface area contributed by atoms with Crippen LogP contribution in [0.5, 0.6) is 5.88 Å². The second kappa shape index (κ2) is 9.08. The summed E-state index contributed by atoms with van der Waals surface area (Å²) in [6, 6.07) is 3.64. The van der Waals surface area contributed by atoms with Gasteiger partial charge in [-0.05, 0) is 44.0 Å². The van der Waals surface area contributed by atoms with Gasteiger partial charge in [-0.3, -0.25) is 4.79 Å². The van der Waals surface area contributed by atoms with E-state index in [1.807, 2.05) is 13.0 Å². The van der Waals surface area contributed by atoms with Crippen molar-refractivity contribution >= 4 is 22.9 Å². The largest absolute Gasteiger partial charge is 0.481 e. The van der Waals surface area contributed by atoms with Crippen molar-refractivity contribution in [3.05, 3.63) is 42.0 Å². The van der Waals surface area contributed by atoms with Crippen molar-refractivity contribution in [3.8, 4) is 5.88 Å². The molecule has 1 saturated heterocycles. The highest BCUT2D eigenvalue weighted by Crippen LogP contribution is 2.26. The maximum Gasteiger partial charge on any atom is 0.253 e. The zero-order valence-corrected chi connectivity index (χ0v) is 17.4. The number of pyridine rings is 1. The number of amides is 1. The maximum absolute atomic E-state index is 12.9. The maximum atomic E-state index is 12.9. The summed E-state index contributed by atoms with van der Waals surface area (Å²) in [4.78, 5) is 23.9. The lowest BCUT2D eigenvalue weighted by molar-refractivity contribution is 0.0949. The first kappa shape index (κ1) is 20.1. The minimum atomic E-state index is -0.0754. The summed E-state index contributed by atoms with van der Waals surface area (Å²) in [6.07, 6.45) is 8.11. The molecule has 9 heteroatoms. The molecule has 0 atom stereocenters. The Hall–Kier alpha value is -3.20. The van der Waals surface area contributed by atoms with E-state index in [9.17, 15) is 4.79 Å². The van der Waals surface area contributed by atoms with Crippen LogP contribution in [0, 0.1) is 0 Å². The average Bonchev–Trinajstić information content (AvgIpc) is 3.42. The van der Waals surface area contributed by atoms with Crippen LogP contribution in [0.2, 0.25) is 0 Å². The molecule has 0 spiro atoms. The van der Waals surface area contributed by atoms with Crippen molar-refractivity contribution in [1.29, 1.82) is 0 Å². The quantitative estimate of drug-likeness (QED) is 0.589. The van der Waals surface area contributed by atoms with E-state index in [0.717, 1.165) is 36.4 Å². The number of nitrogens with zero attached hydrogens (tertiary/aromatic N) is 5. The Labute approximate surface area is 175 Å². The number of hydrogen-bond donors (Lipinski definition) is 2. The van der Waals surface area contributed by atoms with Crippen LogP contribution in [0.3, 0.4) is 0 Å². The van der Waals surface area contributed by atoms with Crippen LogP contribution in [0.15, 0.2) is 30.9 Å². The van der Waals surface area contributed by atoms with Crippen LogP contribution in [-0.4, -0.2) is 63.7 Å². The van der Waals surface area contributed by atoms with E-state index in [2.05, 4.69) is 30.6 Å². The molecule has 0 bridgehead atoms. The van der Waals surface area contributed by atoms with Gasteiger partial charge in [-0.25, -0.2) is 14.5 Å². The highest BCUT2D eigenvalue weighted by atomic mass is 16.5. The fraction of sp³-hybridized carbons (Fsp3) is 0.429. The monoisotopic (exact) mass is 409 g/mol. The third-order valence-corrected chi connectivity index (χ3v) is 5.40. The first-order chi connectivity index (χ1) is 14.7. The smallest absolute Gasteiger partial charge is 0.253 e. The van der Waals surface area contributed by atoms with Gasteiger partial charge in [-0.15, -0.1) is 0 Å². The summed E-state index contributed by atoms with van der Waals surface area (Å²) in [7, 11) is 1.58. The number of aromatic nitrogens is 4.